The van der Waals surface area contributed by atoms with Crippen molar-refractivity contribution in [2.75, 3.05) is 0 Å². The normalized spacial score (nSPS) is 13.2. The van der Waals surface area contributed by atoms with E-state index in [0.717, 1.165) is 24.8 Å². The minimum absolute atomic E-state index is 0.277. The van der Waals surface area contributed by atoms with Gasteiger partial charge in [-0.3, -0.25) is 0 Å². The summed E-state index contributed by atoms with van der Waals surface area (Å²) in [5.74, 6) is 0. The number of aromatic nitrogens is 1. The summed E-state index contributed by atoms with van der Waals surface area (Å²) in [5, 5.41) is 1.27. The Hall–Kier alpha value is -0.930. The molecule has 1 aromatic heterocycles. The number of nitrogens with zero attached hydrogens (tertiary/aromatic N) is 1. The minimum atomic E-state index is 0.277. The van der Waals surface area contributed by atoms with Crippen LogP contribution in [0.2, 0.25) is 0 Å². The second-order valence-electron chi connectivity index (χ2n) is 3.88. The average molecular weight is 220 g/mol. The van der Waals surface area contributed by atoms with Crippen molar-refractivity contribution >= 4 is 22.4 Å². The van der Waals surface area contributed by atoms with Crippen molar-refractivity contribution < 1.29 is 0 Å². The van der Waals surface area contributed by atoms with E-state index in [9.17, 15) is 0 Å². The van der Waals surface area contributed by atoms with Crippen LogP contribution in [0.15, 0.2) is 24.3 Å². The van der Waals surface area contributed by atoms with Crippen LogP contribution in [0.1, 0.15) is 24.6 Å². The van der Waals surface area contributed by atoms with Crippen LogP contribution in [-0.4, -0.2) is 10.4 Å². The van der Waals surface area contributed by atoms with Crippen LogP contribution in [0, 0.1) is 0 Å². The zero-order valence-corrected chi connectivity index (χ0v) is 9.76. The minimum Gasteiger partial charge on any atom is -0.327 e. The highest BCUT2D eigenvalue weighted by Crippen LogP contribution is 2.23. The fourth-order valence-corrected chi connectivity index (χ4v) is 2.73. The van der Waals surface area contributed by atoms with Crippen molar-refractivity contribution in [3.8, 4) is 0 Å². The van der Waals surface area contributed by atoms with Crippen LogP contribution in [0.5, 0.6) is 0 Å². The highest BCUT2D eigenvalue weighted by molar-refractivity contribution is 7.07. The van der Waals surface area contributed by atoms with E-state index in [1.165, 1.54) is 10.3 Å². The molecule has 1 heterocycles. The van der Waals surface area contributed by atoms with E-state index in [0.29, 0.717) is 0 Å². The number of rotatable bonds is 4. The van der Waals surface area contributed by atoms with Gasteiger partial charge in [-0.25, -0.2) is 0 Å². The molecule has 0 fully saturated rings. The molecule has 15 heavy (non-hydrogen) atoms. The highest BCUT2D eigenvalue weighted by Gasteiger charge is 2.09. The maximum absolute atomic E-state index is 6.05. The lowest BCUT2D eigenvalue weighted by atomic mass is 10.1. The van der Waals surface area contributed by atoms with Crippen molar-refractivity contribution in [2.24, 2.45) is 5.73 Å². The second-order valence-corrected chi connectivity index (χ2v) is 4.73. The molecule has 3 heteroatoms. The van der Waals surface area contributed by atoms with Gasteiger partial charge < -0.3 is 5.73 Å². The van der Waals surface area contributed by atoms with Crippen LogP contribution < -0.4 is 5.73 Å². The van der Waals surface area contributed by atoms with E-state index in [4.69, 9.17) is 5.73 Å². The molecule has 2 rings (SSSR count). The molecular formula is C12H16N2S. The molecule has 0 amide bonds. The third kappa shape index (κ3) is 2.36. The Morgan fingerprint density at radius 3 is 3.00 bits per heavy atom. The molecule has 2 N–H and O–H groups in total. The van der Waals surface area contributed by atoms with Gasteiger partial charge in [0.15, 0.2) is 0 Å². The molecule has 0 radical (unpaired) electrons. The number of hydrogen-bond acceptors (Lipinski definition) is 3. The van der Waals surface area contributed by atoms with Crippen LogP contribution in [0.3, 0.4) is 0 Å². The molecule has 0 bridgehead atoms. The third-order valence-corrected chi connectivity index (χ3v) is 3.46. The summed E-state index contributed by atoms with van der Waals surface area (Å²) in [5.41, 5.74) is 7.14. The Morgan fingerprint density at radius 2 is 2.20 bits per heavy atom. The van der Waals surface area contributed by atoms with Gasteiger partial charge in [0.1, 0.15) is 0 Å². The molecule has 0 aliphatic heterocycles. The number of benzene rings is 1. The van der Waals surface area contributed by atoms with Crippen LogP contribution in [-0.2, 0) is 6.42 Å². The summed E-state index contributed by atoms with van der Waals surface area (Å²) in [6.07, 6.45) is 3.20. The second kappa shape index (κ2) is 4.73. The SMILES string of the molecule is CCCC(N)Cc1snc2ccccc12. The van der Waals surface area contributed by atoms with E-state index >= 15 is 0 Å². The Kier molecular flexibility index (Phi) is 3.34. The lowest BCUT2D eigenvalue weighted by molar-refractivity contribution is 0.606. The van der Waals surface area contributed by atoms with Crippen LogP contribution in [0.25, 0.3) is 10.9 Å². The monoisotopic (exact) mass is 220 g/mol. The summed E-state index contributed by atoms with van der Waals surface area (Å²) in [6, 6.07) is 8.55. The molecule has 2 aromatic rings. The van der Waals surface area contributed by atoms with Gasteiger partial charge in [-0.2, -0.15) is 4.37 Å². The smallest absolute Gasteiger partial charge is 0.0843 e. The summed E-state index contributed by atoms with van der Waals surface area (Å²) in [4.78, 5) is 1.33. The van der Waals surface area contributed by atoms with Crippen molar-refractivity contribution in [3.05, 3.63) is 29.1 Å². The first-order valence-electron chi connectivity index (χ1n) is 5.40. The third-order valence-electron chi connectivity index (χ3n) is 2.57. The van der Waals surface area contributed by atoms with Gasteiger partial charge in [0.2, 0.25) is 0 Å². The van der Waals surface area contributed by atoms with Crippen molar-refractivity contribution in [1.82, 2.24) is 4.37 Å². The Bertz CT molecular complexity index is 436. The van der Waals surface area contributed by atoms with Gasteiger partial charge in [-0.15, -0.1) is 0 Å². The first-order valence-corrected chi connectivity index (χ1v) is 6.17. The molecule has 1 aromatic carbocycles. The topological polar surface area (TPSA) is 38.9 Å². The van der Waals surface area contributed by atoms with Crippen molar-refractivity contribution in [3.63, 3.8) is 0 Å². The molecule has 0 saturated heterocycles. The maximum Gasteiger partial charge on any atom is 0.0843 e. The maximum atomic E-state index is 6.05. The van der Waals surface area contributed by atoms with Gasteiger partial charge in [0.25, 0.3) is 0 Å². The number of hydrogen-bond donors (Lipinski definition) is 1. The van der Waals surface area contributed by atoms with E-state index in [-0.39, 0.29) is 6.04 Å². The zero-order valence-electron chi connectivity index (χ0n) is 8.94. The molecule has 80 valence electrons. The first-order chi connectivity index (χ1) is 7.31. The molecule has 1 atom stereocenters. The Labute approximate surface area is 94.3 Å². The fourth-order valence-electron chi connectivity index (χ4n) is 1.80. The van der Waals surface area contributed by atoms with E-state index in [1.54, 1.807) is 11.5 Å². The standard InChI is InChI=1S/C12H16N2S/c1-2-5-9(13)8-12-10-6-3-4-7-11(10)14-15-12/h3-4,6-7,9H,2,5,8,13H2,1H3. The molecule has 1 unspecified atom stereocenters. The Balaban J connectivity index is 2.21. The molecule has 0 aliphatic rings. The fraction of sp³-hybridized carbons (Fsp3) is 0.417. The summed E-state index contributed by atoms with van der Waals surface area (Å²) >= 11 is 1.59. The number of fused-ring (bicyclic) bond motifs is 1. The molecule has 2 nitrogen and oxygen atoms in total. The number of nitrogens with two attached hydrogens (primary N) is 1. The summed E-state index contributed by atoms with van der Waals surface area (Å²) in [7, 11) is 0. The quantitative estimate of drug-likeness (QED) is 0.860. The van der Waals surface area contributed by atoms with Crippen LogP contribution >= 0.6 is 11.5 Å². The molecule has 0 aliphatic carbocycles. The summed E-state index contributed by atoms with van der Waals surface area (Å²) < 4.78 is 4.42. The summed E-state index contributed by atoms with van der Waals surface area (Å²) in [6.45, 7) is 2.17. The highest BCUT2D eigenvalue weighted by atomic mass is 32.1. The zero-order chi connectivity index (χ0) is 10.7. The van der Waals surface area contributed by atoms with Crippen molar-refractivity contribution in [1.29, 1.82) is 0 Å². The van der Waals surface area contributed by atoms with Gasteiger partial charge in [0.05, 0.1) is 5.52 Å². The van der Waals surface area contributed by atoms with Crippen LogP contribution in [0.4, 0.5) is 0 Å². The van der Waals surface area contributed by atoms with Gasteiger partial charge >= 0.3 is 0 Å². The van der Waals surface area contributed by atoms with Crippen molar-refractivity contribution in [2.45, 2.75) is 32.2 Å². The Morgan fingerprint density at radius 1 is 1.40 bits per heavy atom. The van der Waals surface area contributed by atoms with E-state index in [2.05, 4.69) is 29.5 Å². The predicted molar refractivity (Wildman–Crippen MR) is 66.2 cm³/mol. The van der Waals surface area contributed by atoms with Gasteiger partial charge in [-0.05, 0) is 30.4 Å². The lowest BCUT2D eigenvalue weighted by Gasteiger charge is -2.07. The molecule has 0 saturated carbocycles. The lowest BCUT2D eigenvalue weighted by Crippen LogP contribution is -2.21. The van der Waals surface area contributed by atoms with Gasteiger partial charge in [-0.1, -0.05) is 31.5 Å². The predicted octanol–water partition coefficient (Wildman–Crippen LogP) is 2.97. The molecule has 0 spiro atoms. The van der Waals surface area contributed by atoms with E-state index in [1.807, 2.05) is 6.07 Å². The average Bonchev–Trinajstić information content (AvgIpc) is 2.62. The molecular weight excluding hydrogens is 204 g/mol. The first kappa shape index (κ1) is 10.6. The largest absolute Gasteiger partial charge is 0.327 e. The van der Waals surface area contributed by atoms with Gasteiger partial charge in [0, 0.05) is 16.3 Å². The van der Waals surface area contributed by atoms with E-state index < -0.39 is 0 Å².